The Balaban J connectivity index is 0.00000231. The summed E-state index contributed by atoms with van der Waals surface area (Å²) in [6.07, 6.45) is 0. The number of aryl methyl sites for hydroxylation is 1. The third kappa shape index (κ3) is 3.85. The SMILES string of the molecule is CC(=NNC(=O)c1cc2c(C)nn(-c3ccccc3)c2s1)c1cc2ccccc2o1.Cl. The Labute approximate surface area is 188 Å². The van der Waals surface area contributed by atoms with E-state index in [2.05, 4.69) is 15.6 Å². The second kappa shape index (κ2) is 8.37. The molecule has 0 bridgehead atoms. The average Bonchev–Trinajstić information content (AvgIpc) is 3.47. The summed E-state index contributed by atoms with van der Waals surface area (Å²) in [6.45, 7) is 3.75. The Morgan fingerprint density at radius 2 is 1.84 bits per heavy atom. The van der Waals surface area contributed by atoms with Crippen LogP contribution in [0.3, 0.4) is 0 Å². The summed E-state index contributed by atoms with van der Waals surface area (Å²) >= 11 is 1.39. The Morgan fingerprint density at radius 1 is 1.10 bits per heavy atom. The van der Waals surface area contributed by atoms with E-state index in [4.69, 9.17) is 4.42 Å². The predicted molar refractivity (Wildman–Crippen MR) is 127 cm³/mol. The Morgan fingerprint density at radius 3 is 2.61 bits per heavy atom. The van der Waals surface area contributed by atoms with E-state index >= 15 is 0 Å². The third-order valence-electron chi connectivity index (χ3n) is 4.88. The molecule has 0 unspecified atom stereocenters. The fourth-order valence-corrected chi connectivity index (χ4v) is 4.38. The topological polar surface area (TPSA) is 72.4 Å². The van der Waals surface area contributed by atoms with Crippen molar-refractivity contribution in [3.63, 3.8) is 0 Å². The average molecular weight is 451 g/mol. The monoisotopic (exact) mass is 450 g/mol. The van der Waals surface area contributed by atoms with E-state index in [0.29, 0.717) is 16.3 Å². The number of benzene rings is 2. The lowest BCUT2D eigenvalue weighted by atomic mass is 10.2. The van der Waals surface area contributed by atoms with E-state index in [-0.39, 0.29) is 18.3 Å². The number of aromatic nitrogens is 2. The molecule has 0 aliphatic rings. The van der Waals surface area contributed by atoms with E-state index in [0.717, 1.165) is 32.6 Å². The van der Waals surface area contributed by atoms with Gasteiger partial charge in [0.15, 0.2) is 5.76 Å². The lowest BCUT2D eigenvalue weighted by molar-refractivity contribution is 0.0959. The van der Waals surface area contributed by atoms with Crippen LogP contribution in [0.2, 0.25) is 0 Å². The van der Waals surface area contributed by atoms with Crippen molar-refractivity contribution in [2.45, 2.75) is 13.8 Å². The molecule has 31 heavy (non-hydrogen) atoms. The second-order valence-corrected chi connectivity index (χ2v) is 7.98. The van der Waals surface area contributed by atoms with Crippen LogP contribution in [-0.4, -0.2) is 21.4 Å². The molecule has 5 aromatic rings. The highest BCUT2D eigenvalue weighted by atomic mass is 35.5. The molecule has 6 nitrogen and oxygen atoms in total. The van der Waals surface area contributed by atoms with Gasteiger partial charge in [-0.3, -0.25) is 4.79 Å². The minimum atomic E-state index is -0.259. The zero-order valence-corrected chi connectivity index (χ0v) is 18.5. The molecule has 3 heterocycles. The van der Waals surface area contributed by atoms with E-state index in [1.165, 1.54) is 11.3 Å². The molecule has 1 amide bonds. The maximum absolute atomic E-state index is 12.7. The number of fused-ring (bicyclic) bond motifs is 2. The zero-order valence-electron chi connectivity index (χ0n) is 16.8. The van der Waals surface area contributed by atoms with Crippen LogP contribution in [0.5, 0.6) is 0 Å². The number of thiophene rings is 1. The van der Waals surface area contributed by atoms with Crippen LogP contribution in [0.1, 0.15) is 28.0 Å². The van der Waals surface area contributed by atoms with Crippen molar-refractivity contribution in [1.29, 1.82) is 0 Å². The summed E-state index contributed by atoms with van der Waals surface area (Å²) in [5, 5.41) is 10.8. The van der Waals surface area contributed by atoms with Gasteiger partial charge in [0.1, 0.15) is 16.1 Å². The molecule has 0 saturated heterocycles. The maximum Gasteiger partial charge on any atom is 0.281 e. The molecule has 5 rings (SSSR count). The number of hydrazone groups is 1. The van der Waals surface area contributed by atoms with E-state index in [1.54, 1.807) is 6.92 Å². The Kier molecular flexibility index (Phi) is 5.63. The molecule has 8 heteroatoms. The lowest BCUT2D eigenvalue weighted by Crippen LogP contribution is -2.18. The normalized spacial score (nSPS) is 11.6. The molecule has 0 radical (unpaired) electrons. The van der Waals surface area contributed by atoms with Gasteiger partial charge < -0.3 is 4.42 Å². The Hall–Kier alpha value is -3.42. The van der Waals surface area contributed by atoms with Crippen molar-refractivity contribution >= 4 is 56.5 Å². The Bertz CT molecular complexity index is 1380. The number of nitrogens with zero attached hydrogens (tertiary/aromatic N) is 3. The van der Waals surface area contributed by atoms with Gasteiger partial charge in [-0.05, 0) is 44.2 Å². The fraction of sp³-hybridized carbons (Fsp3) is 0.0870. The van der Waals surface area contributed by atoms with Gasteiger partial charge >= 0.3 is 0 Å². The van der Waals surface area contributed by atoms with Crippen molar-refractivity contribution in [1.82, 2.24) is 15.2 Å². The van der Waals surface area contributed by atoms with Gasteiger partial charge in [0, 0.05) is 10.8 Å². The number of carbonyl (C=O) groups is 1. The van der Waals surface area contributed by atoms with E-state index < -0.39 is 0 Å². The summed E-state index contributed by atoms with van der Waals surface area (Å²) in [7, 11) is 0. The first-order valence-corrected chi connectivity index (χ1v) is 10.3. The van der Waals surface area contributed by atoms with Gasteiger partial charge in [-0.1, -0.05) is 36.4 Å². The summed E-state index contributed by atoms with van der Waals surface area (Å²) in [5.41, 5.74) is 5.88. The smallest absolute Gasteiger partial charge is 0.281 e. The largest absolute Gasteiger partial charge is 0.455 e. The number of hydrogen-bond donors (Lipinski definition) is 1. The van der Waals surface area contributed by atoms with Gasteiger partial charge in [-0.25, -0.2) is 10.1 Å². The number of para-hydroxylation sites is 2. The molecule has 156 valence electrons. The molecule has 0 aliphatic heterocycles. The van der Waals surface area contributed by atoms with Gasteiger partial charge in [0.25, 0.3) is 5.91 Å². The molecule has 3 aromatic heterocycles. The minimum absolute atomic E-state index is 0. The highest BCUT2D eigenvalue weighted by Crippen LogP contribution is 2.30. The number of hydrogen-bond acceptors (Lipinski definition) is 5. The zero-order chi connectivity index (χ0) is 20.7. The number of nitrogens with one attached hydrogen (secondary N) is 1. The standard InChI is InChI=1S/C23H18N4O2S.ClH/c1-14-18-13-21(30-23(18)27(26-14)17-9-4-3-5-10-17)22(28)25-24-15(2)20-12-16-8-6-7-11-19(16)29-20;/h3-13H,1-2H3,(H,25,28);1H. The highest BCUT2D eigenvalue weighted by Gasteiger charge is 2.17. The molecule has 1 N–H and O–H groups in total. The van der Waals surface area contributed by atoms with Crippen molar-refractivity contribution in [2.24, 2.45) is 5.10 Å². The third-order valence-corrected chi connectivity index (χ3v) is 5.99. The summed E-state index contributed by atoms with van der Waals surface area (Å²) in [5.74, 6) is 0.370. The van der Waals surface area contributed by atoms with Gasteiger partial charge in [-0.2, -0.15) is 10.2 Å². The van der Waals surface area contributed by atoms with Crippen LogP contribution in [0.15, 0.2) is 76.2 Å². The first-order valence-electron chi connectivity index (χ1n) is 9.48. The fourth-order valence-electron chi connectivity index (χ4n) is 3.31. The molecule has 0 saturated carbocycles. The second-order valence-electron chi connectivity index (χ2n) is 6.95. The maximum atomic E-state index is 12.7. The van der Waals surface area contributed by atoms with Gasteiger partial charge in [0.05, 0.1) is 16.3 Å². The number of rotatable bonds is 4. The minimum Gasteiger partial charge on any atom is -0.455 e. The van der Waals surface area contributed by atoms with Crippen LogP contribution < -0.4 is 5.43 Å². The van der Waals surface area contributed by atoms with Crippen LogP contribution in [0.4, 0.5) is 0 Å². The van der Waals surface area contributed by atoms with Gasteiger partial charge in [0.2, 0.25) is 0 Å². The quantitative estimate of drug-likeness (QED) is 0.281. The van der Waals surface area contributed by atoms with Crippen LogP contribution in [0, 0.1) is 6.92 Å². The molecule has 0 fully saturated rings. The molecule has 0 spiro atoms. The molecule has 2 aromatic carbocycles. The predicted octanol–water partition coefficient (Wildman–Crippen LogP) is 5.72. The number of halogens is 1. The molecular formula is C23H19ClN4O2S. The number of furan rings is 1. The summed E-state index contributed by atoms with van der Waals surface area (Å²) in [6, 6.07) is 21.4. The summed E-state index contributed by atoms with van der Waals surface area (Å²) in [4.78, 5) is 14.2. The molecule has 0 atom stereocenters. The van der Waals surface area contributed by atoms with E-state index in [1.807, 2.05) is 78.3 Å². The van der Waals surface area contributed by atoms with Crippen molar-refractivity contribution in [3.8, 4) is 5.69 Å². The van der Waals surface area contributed by atoms with Crippen LogP contribution in [0.25, 0.3) is 26.9 Å². The van der Waals surface area contributed by atoms with Crippen molar-refractivity contribution in [2.75, 3.05) is 0 Å². The number of amides is 1. The first kappa shape index (κ1) is 20.8. The lowest BCUT2D eigenvalue weighted by Gasteiger charge is -2.01. The molecule has 0 aliphatic carbocycles. The van der Waals surface area contributed by atoms with E-state index in [9.17, 15) is 4.79 Å². The highest BCUT2D eigenvalue weighted by molar-refractivity contribution is 7.20. The van der Waals surface area contributed by atoms with Crippen LogP contribution in [-0.2, 0) is 0 Å². The summed E-state index contributed by atoms with van der Waals surface area (Å²) < 4.78 is 7.66. The van der Waals surface area contributed by atoms with Crippen molar-refractivity contribution in [3.05, 3.63) is 83.1 Å². The molecular weight excluding hydrogens is 432 g/mol. The first-order chi connectivity index (χ1) is 14.6. The number of carbonyl (C=O) groups excluding carboxylic acids is 1. The van der Waals surface area contributed by atoms with Gasteiger partial charge in [-0.15, -0.1) is 23.7 Å². The van der Waals surface area contributed by atoms with Crippen LogP contribution >= 0.6 is 23.7 Å². The van der Waals surface area contributed by atoms with Crippen molar-refractivity contribution < 1.29 is 9.21 Å².